The normalized spacial score (nSPS) is 28.4. The second-order valence-electron chi connectivity index (χ2n) is 9.34. The molecule has 1 spiro atoms. The third-order valence-electron chi connectivity index (χ3n) is 7.28. The zero-order chi connectivity index (χ0) is 21.6. The van der Waals surface area contributed by atoms with Crippen LogP contribution in [0.4, 0.5) is 0 Å². The summed E-state index contributed by atoms with van der Waals surface area (Å²) in [6.07, 6.45) is 8.82. The minimum Gasteiger partial charge on any atom is -0.493 e. The lowest BCUT2D eigenvalue weighted by Crippen LogP contribution is -2.52. The van der Waals surface area contributed by atoms with Crippen LogP contribution in [0.3, 0.4) is 0 Å². The molecule has 6 heteroatoms. The Morgan fingerprint density at radius 1 is 1.03 bits per heavy atom. The van der Waals surface area contributed by atoms with Crippen molar-refractivity contribution in [2.24, 2.45) is 0 Å². The molecule has 0 saturated heterocycles. The highest BCUT2D eigenvalue weighted by Crippen LogP contribution is 2.54. The summed E-state index contributed by atoms with van der Waals surface area (Å²) >= 11 is 0. The summed E-state index contributed by atoms with van der Waals surface area (Å²) in [5.74, 6) is 1.05. The molecular formula is C25H32O6. The van der Waals surface area contributed by atoms with Gasteiger partial charge in [0.05, 0.1) is 14.2 Å². The molecule has 31 heavy (non-hydrogen) atoms. The molecule has 6 nitrogen and oxygen atoms in total. The van der Waals surface area contributed by atoms with Crippen LogP contribution in [-0.2, 0) is 25.4 Å². The van der Waals surface area contributed by atoms with E-state index in [4.69, 9.17) is 23.7 Å². The van der Waals surface area contributed by atoms with Crippen molar-refractivity contribution >= 4 is 5.97 Å². The molecule has 1 aliphatic carbocycles. The number of ether oxygens (including phenoxy) is 5. The Hall–Kier alpha value is -2.21. The van der Waals surface area contributed by atoms with Gasteiger partial charge in [-0.1, -0.05) is 19.8 Å². The Bertz CT molecular complexity index is 913. The fourth-order valence-electron chi connectivity index (χ4n) is 5.70. The average Bonchev–Trinajstić information content (AvgIpc) is 2.76. The van der Waals surface area contributed by atoms with Crippen molar-refractivity contribution in [3.8, 4) is 11.5 Å². The van der Waals surface area contributed by atoms with Gasteiger partial charge in [0.2, 0.25) is 5.79 Å². The molecular weight excluding hydrogens is 396 g/mol. The number of methoxy groups -OCH3 is 2. The fourth-order valence-corrected chi connectivity index (χ4v) is 5.70. The summed E-state index contributed by atoms with van der Waals surface area (Å²) in [7, 11) is 3.26. The second kappa shape index (κ2) is 7.73. The van der Waals surface area contributed by atoms with Crippen LogP contribution in [0.2, 0.25) is 0 Å². The van der Waals surface area contributed by atoms with Gasteiger partial charge >= 0.3 is 5.97 Å². The average molecular weight is 429 g/mol. The van der Waals surface area contributed by atoms with E-state index in [1.54, 1.807) is 14.2 Å². The van der Waals surface area contributed by atoms with Gasteiger partial charge in [0.1, 0.15) is 23.0 Å². The first-order valence-corrected chi connectivity index (χ1v) is 11.6. The van der Waals surface area contributed by atoms with Gasteiger partial charge in [-0.3, -0.25) is 0 Å². The van der Waals surface area contributed by atoms with E-state index in [2.05, 4.69) is 6.92 Å². The monoisotopic (exact) mass is 428 g/mol. The molecule has 0 aromatic heterocycles. The molecule has 168 valence electrons. The summed E-state index contributed by atoms with van der Waals surface area (Å²) in [5.41, 5.74) is 2.13. The molecule has 0 amide bonds. The largest absolute Gasteiger partial charge is 0.493 e. The maximum absolute atomic E-state index is 13.3. The van der Waals surface area contributed by atoms with Crippen LogP contribution in [0.5, 0.6) is 11.5 Å². The zero-order valence-corrected chi connectivity index (χ0v) is 18.8. The van der Waals surface area contributed by atoms with Crippen LogP contribution in [0.25, 0.3) is 0 Å². The number of hydrogen-bond donors (Lipinski definition) is 0. The van der Waals surface area contributed by atoms with Crippen molar-refractivity contribution in [3.63, 3.8) is 0 Å². The maximum Gasteiger partial charge on any atom is 0.341 e. The van der Waals surface area contributed by atoms with Gasteiger partial charge in [0.15, 0.2) is 11.5 Å². The minimum absolute atomic E-state index is 0.292. The number of rotatable bonds is 5. The van der Waals surface area contributed by atoms with Gasteiger partial charge in [0, 0.05) is 19.3 Å². The Labute approximate surface area is 183 Å². The third kappa shape index (κ3) is 3.39. The molecule has 3 heterocycles. The number of carbonyl (C=O) groups is 1. The van der Waals surface area contributed by atoms with Crippen molar-refractivity contribution in [1.82, 2.24) is 0 Å². The molecule has 1 aromatic carbocycles. The van der Waals surface area contributed by atoms with Crippen LogP contribution in [0.15, 0.2) is 23.5 Å². The molecule has 0 radical (unpaired) electrons. The zero-order valence-electron chi connectivity index (χ0n) is 18.8. The van der Waals surface area contributed by atoms with E-state index in [-0.39, 0.29) is 5.97 Å². The summed E-state index contributed by atoms with van der Waals surface area (Å²) in [5, 5.41) is 0. The number of hydrogen-bond acceptors (Lipinski definition) is 6. The lowest BCUT2D eigenvalue weighted by Gasteiger charge is -2.51. The highest BCUT2D eigenvalue weighted by molar-refractivity contribution is 5.92. The van der Waals surface area contributed by atoms with Crippen LogP contribution in [0.1, 0.15) is 81.9 Å². The fraction of sp³-hybridized carbons (Fsp3) is 0.640. The van der Waals surface area contributed by atoms with Crippen molar-refractivity contribution < 1.29 is 28.5 Å². The van der Waals surface area contributed by atoms with E-state index >= 15 is 0 Å². The van der Waals surface area contributed by atoms with Crippen LogP contribution in [0, 0.1) is 0 Å². The number of esters is 1. The lowest BCUT2D eigenvalue weighted by molar-refractivity contribution is -0.272. The number of unbranched alkanes of at least 4 members (excludes halogenated alkanes) is 1. The van der Waals surface area contributed by atoms with Gasteiger partial charge in [-0.2, -0.15) is 0 Å². The summed E-state index contributed by atoms with van der Waals surface area (Å²) < 4.78 is 30.3. The first kappa shape index (κ1) is 20.7. The number of benzene rings is 1. The summed E-state index contributed by atoms with van der Waals surface area (Å²) in [4.78, 5) is 13.3. The molecule has 4 aliphatic rings. The third-order valence-corrected chi connectivity index (χ3v) is 7.28. The molecule has 1 aromatic rings. The quantitative estimate of drug-likeness (QED) is 0.605. The molecule has 1 saturated carbocycles. The Kier molecular flexibility index (Phi) is 5.16. The van der Waals surface area contributed by atoms with E-state index in [1.165, 1.54) is 6.42 Å². The maximum atomic E-state index is 13.3. The van der Waals surface area contributed by atoms with E-state index in [0.29, 0.717) is 29.9 Å². The molecule has 2 atom stereocenters. The molecule has 2 bridgehead atoms. The number of carbonyl (C=O) groups excluding carboxylic acids is 1. The van der Waals surface area contributed by atoms with Crippen molar-refractivity contribution in [1.29, 1.82) is 0 Å². The second-order valence-corrected chi connectivity index (χ2v) is 9.34. The Morgan fingerprint density at radius 3 is 2.48 bits per heavy atom. The highest BCUT2D eigenvalue weighted by Gasteiger charge is 2.55. The van der Waals surface area contributed by atoms with Crippen molar-refractivity contribution in [2.75, 3.05) is 14.2 Å². The first-order chi connectivity index (χ1) is 15.0. The molecule has 0 N–H and O–H groups in total. The van der Waals surface area contributed by atoms with E-state index in [0.717, 1.165) is 61.8 Å². The Balaban J connectivity index is 1.61. The minimum atomic E-state index is -0.750. The van der Waals surface area contributed by atoms with E-state index in [9.17, 15) is 4.79 Å². The Morgan fingerprint density at radius 2 is 1.77 bits per heavy atom. The van der Waals surface area contributed by atoms with E-state index in [1.807, 2.05) is 12.1 Å². The first-order valence-electron chi connectivity index (χ1n) is 11.6. The smallest absolute Gasteiger partial charge is 0.341 e. The van der Waals surface area contributed by atoms with Crippen LogP contribution in [-0.4, -0.2) is 31.6 Å². The van der Waals surface area contributed by atoms with Gasteiger partial charge in [-0.05, 0) is 55.4 Å². The van der Waals surface area contributed by atoms with Crippen LogP contribution >= 0.6 is 0 Å². The highest BCUT2D eigenvalue weighted by atomic mass is 16.7. The van der Waals surface area contributed by atoms with Gasteiger partial charge in [-0.25, -0.2) is 4.79 Å². The van der Waals surface area contributed by atoms with Crippen LogP contribution < -0.4 is 9.47 Å². The molecule has 3 aliphatic heterocycles. The topological polar surface area (TPSA) is 63.2 Å². The SMILES string of the molecule is CCCCC12Cc3cc(OC)c(OC)cc3C(O1)C1=C(CC3(CCCCC3)OC1=O)O2. The molecule has 1 fully saturated rings. The van der Waals surface area contributed by atoms with Crippen molar-refractivity contribution in [3.05, 3.63) is 34.6 Å². The summed E-state index contributed by atoms with van der Waals surface area (Å²) in [6.45, 7) is 2.17. The number of fused-ring (bicyclic) bond motifs is 5. The van der Waals surface area contributed by atoms with Crippen molar-refractivity contribution in [2.45, 2.75) is 88.6 Å². The van der Waals surface area contributed by atoms with E-state index < -0.39 is 17.5 Å². The van der Waals surface area contributed by atoms with Gasteiger partial charge in [-0.15, -0.1) is 0 Å². The standard InChI is InChI=1S/C25H32O6/c1-4-5-11-25-14-16-12-18(27-2)19(28-3)13-17(16)22(30-25)21-20(29-25)15-24(31-23(21)26)9-7-6-8-10-24/h12-13,22H,4-11,14-15H2,1-3H3. The predicted octanol–water partition coefficient (Wildman–Crippen LogP) is 5.14. The van der Waals surface area contributed by atoms with Gasteiger partial charge < -0.3 is 23.7 Å². The van der Waals surface area contributed by atoms with Gasteiger partial charge in [0.25, 0.3) is 0 Å². The predicted molar refractivity (Wildman–Crippen MR) is 114 cm³/mol. The summed E-state index contributed by atoms with van der Waals surface area (Å²) in [6, 6.07) is 3.94. The lowest BCUT2D eigenvalue weighted by atomic mass is 9.77. The molecule has 5 rings (SSSR count). The molecule has 2 unspecified atom stereocenters.